The third-order valence-corrected chi connectivity index (χ3v) is 2.67. The molecule has 0 saturated carbocycles. The van der Waals surface area contributed by atoms with Crippen LogP contribution in [0.5, 0.6) is 5.75 Å². The van der Waals surface area contributed by atoms with Crippen molar-refractivity contribution in [3.05, 3.63) is 29.3 Å². The Morgan fingerprint density at radius 3 is 2.63 bits per heavy atom. The van der Waals surface area contributed by atoms with Gasteiger partial charge in [-0.3, -0.25) is 4.79 Å². The second kappa shape index (κ2) is 6.73. The number of hydrogen-bond donors (Lipinski definition) is 2. The lowest BCUT2D eigenvalue weighted by Crippen LogP contribution is -2.23. The Labute approximate surface area is 110 Å². The zero-order valence-electron chi connectivity index (χ0n) is 10.7. The SMILES string of the molecule is COC(=O)CC(O)C(O)c1cc(OC)ccc1C#N. The highest BCUT2D eigenvalue weighted by Gasteiger charge is 2.24. The lowest BCUT2D eigenvalue weighted by molar-refractivity contribution is -0.144. The molecule has 1 aromatic carbocycles. The number of aliphatic hydroxyl groups excluding tert-OH is 2. The molecule has 2 atom stereocenters. The van der Waals surface area contributed by atoms with Gasteiger partial charge in [0.2, 0.25) is 0 Å². The van der Waals surface area contributed by atoms with E-state index in [2.05, 4.69) is 4.74 Å². The van der Waals surface area contributed by atoms with Gasteiger partial charge in [-0.2, -0.15) is 5.26 Å². The highest BCUT2D eigenvalue weighted by Crippen LogP contribution is 2.26. The first kappa shape index (κ1) is 15.0. The fourth-order valence-corrected chi connectivity index (χ4v) is 1.59. The van der Waals surface area contributed by atoms with E-state index in [0.29, 0.717) is 5.75 Å². The summed E-state index contributed by atoms with van der Waals surface area (Å²) in [4.78, 5) is 11.1. The van der Waals surface area contributed by atoms with Gasteiger partial charge in [0.15, 0.2) is 0 Å². The Bertz CT molecular complexity index is 494. The van der Waals surface area contributed by atoms with E-state index in [1.54, 1.807) is 6.07 Å². The number of nitriles is 1. The number of ether oxygens (including phenoxy) is 2. The van der Waals surface area contributed by atoms with E-state index in [9.17, 15) is 15.0 Å². The van der Waals surface area contributed by atoms with Crippen LogP contribution in [0, 0.1) is 11.3 Å². The van der Waals surface area contributed by atoms with Gasteiger partial charge in [0.05, 0.1) is 38.4 Å². The maximum Gasteiger partial charge on any atom is 0.308 e. The zero-order chi connectivity index (χ0) is 14.4. The number of benzene rings is 1. The molecule has 2 N–H and O–H groups in total. The number of rotatable bonds is 5. The van der Waals surface area contributed by atoms with Gasteiger partial charge >= 0.3 is 5.97 Å². The zero-order valence-corrected chi connectivity index (χ0v) is 10.7. The van der Waals surface area contributed by atoms with Gasteiger partial charge in [-0.05, 0) is 18.2 Å². The van der Waals surface area contributed by atoms with Gasteiger partial charge < -0.3 is 19.7 Å². The molecule has 0 aliphatic rings. The highest BCUT2D eigenvalue weighted by atomic mass is 16.5. The predicted molar refractivity (Wildman–Crippen MR) is 65.3 cm³/mol. The molecular formula is C13H15NO5. The molecule has 1 rings (SSSR count). The standard InChI is InChI=1S/C13H15NO5/c1-18-9-4-3-8(7-14)10(5-9)13(17)11(15)6-12(16)19-2/h3-5,11,13,15,17H,6H2,1-2H3. The van der Waals surface area contributed by atoms with Crippen molar-refractivity contribution in [2.45, 2.75) is 18.6 Å². The molecule has 0 heterocycles. The molecule has 19 heavy (non-hydrogen) atoms. The summed E-state index contributed by atoms with van der Waals surface area (Å²) in [6.45, 7) is 0. The number of aliphatic hydroxyl groups is 2. The van der Waals surface area contributed by atoms with Gasteiger partial charge in [-0.1, -0.05) is 0 Å². The maximum atomic E-state index is 11.1. The fraction of sp³-hybridized carbons (Fsp3) is 0.385. The molecule has 102 valence electrons. The van der Waals surface area contributed by atoms with Gasteiger partial charge in [0, 0.05) is 5.56 Å². The molecule has 0 saturated heterocycles. The second-order valence-corrected chi connectivity index (χ2v) is 3.86. The predicted octanol–water partition coefficient (Wildman–Crippen LogP) is 0.524. The van der Waals surface area contributed by atoms with E-state index in [1.165, 1.54) is 26.4 Å². The van der Waals surface area contributed by atoms with E-state index in [0.717, 1.165) is 0 Å². The number of hydrogen-bond acceptors (Lipinski definition) is 6. The number of carbonyl (C=O) groups is 1. The van der Waals surface area contributed by atoms with E-state index >= 15 is 0 Å². The van der Waals surface area contributed by atoms with E-state index in [4.69, 9.17) is 10.00 Å². The molecule has 0 radical (unpaired) electrons. The van der Waals surface area contributed by atoms with Crippen molar-refractivity contribution in [2.24, 2.45) is 0 Å². The van der Waals surface area contributed by atoms with Crippen LogP contribution in [-0.4, -0.2) is 36.5 Å². The maximum absolute atomic E-state index is 11.1. The summed E-state index contributed by atoms with van der Waals surface area (Å²) in [7, 11) is 2.64. The lowest BCUT2D eigenvalue weighted by atomic mass is 9.97. The van der Waals surface area contributed by atoms with Crippen LogP contribution in [0.2, 0.25) is 0 Å². The third kappa shape index (κ3) is 3.68. The van der Waals surface area contributed by atoms with Crippen molar-refractivity contribution >= 4 is 5.97 Å². The van der Waals surface area contributed by atoms with Gasteiger partial charge in [-0.15, -0.1) is 0 Å². The first-order valence-corrected chi connectivity index (χ1v) is 5.54. The summed E-state index contributed by atoms with van der Waals surface area (Å²) >= 11 is 0. The van der Waals surface area contributed by atoms with Crippen molar-refractivity contribution in [3.8, 4) is 11.8 Å². The van der Waals surface area contributed by atoms with Crippen molar-refractivity contribution < 1.29 is 24.5 Å². The quantitative estimate of drug-likeness (QED) is 0.753. The molecule has 1 aromatic rings. The third-order valence-electron chi connectivity index (χ3n) is 2.67. The van der Waals surface area contributed by atoms with Gasteiger partial charge in [0.25, 0.3) is 0 Å². The Morgan fingerprint density at radius 1 is 1.42 bits per heavy atom. The Kier molecular flexibility index (Phi) is 5.30. The van der Waals surface area contributed by atoms with E-state index < -0.39 is 18.2 Å². The summed E-state index contributed by atoms with van der Waals surface area (Å²) in [5.41, 5.74) is 0.412. The van der Waals surface area contributed by atoms with Crippen LogP contribution in [0.15, 0.2) is 18.2 Å². The average Bonchev–Trinajstić information content (AvgIpc) is 2.45. The van der Waals surface area contributed by atoms with Gasteiger partial charge in [0.1, 0.15) is 11.9 Å². The number of esters is 1. The van der Waals surface area contributed by atoms with E-state index in [-0.39, 0.29) is 17.5 Å². The molecule has 6 nitrogen and oxygen atoms in total. The lowest BCUT2D eigenvalue weighted by Gasteiger charge is -2.18. The fourth-order valence-electron chi connectivity index (χ4n) is 1.59. The normalized spacial score (nSPS) is 13.2. The Morgan fingerprint density at radius 2 is 2.11 bits per heavy atom. The molecule has 0 spiro atoms. The number of carbonyl (C=O) groups excluding carboxylic acids is 1. The van der Waals surface area contributed by atoms with Crippen LogP contribution in [0.25, 0.3) is 0 Å². The smallest absolute Gasteiger partial charge is 0.308 e. The van der Waals surface area contributed by atoms with Crippen molar-refractivity contribution in [2.75, 3.05) is 14.2 Å². The minimum Gasteiger partial charge on any atom is -0.497 e. The first-order valence-electron chi connectivity index (χ1n) is 5.54. The van der Waals surface area contributed by atoms with Crippen LogP contribution in [-0.2, 0) is 9.53 Å². The van der Waals surface area contributed by atoms with Crippen LogP contribution in [0.3, 0.4) is 0 Å². The van der Waals surface area contributed by atoms with Crippen LogP contribution < -0.4 is 4.74 Å². The monoisotopic (exact) mass is 265 g/mol. The molecule has 0 aliphatic heterocycles. The highest BCUT2D eigenvalue weighted by molar-refractivity contribution is 5.69. The average molecular weight is 265 g/mol. The number of methoxy groups -OCH3 is 2. The number of nitrogens with zero attached hydrogens (tertiary/aromatic N) is 1. The minimum atomic E-state index is -1.37. The topological polar surface area (TPSA) is 99.8 Å². The van der Waals surface area contributed by atoms with Crippen LogP contribution in [0.1, 0.15) is 23.7 Å². The first-order chi connectivity index (χ1) is 9.03. The molecule has 0 aliphatic carbocycles. The molecule has 0 aromatic heterocycles. The van der Waals surface area contributed by atoms with Gasteiger partial charge in [-0.25, -0.2) is 0 Å². The van der Waals surface area contributed by atoms with Crippen LogP contribution in [0.4, 0.5) is 0 Å². The van der Waals surface area contributed by atoms with Crippen LogP contribution >= 0.6 is 0 Å². The van der Waals surface area contributed by atoms with Crippen molar-refractivity contribution in [1.29, 1.82) is 5.26 Å². The summed E-state index contributed by atoms with van der Waals surface area (Å²) in [6.07, 6.45) is -3.09. The Balaban J connectivity index is 3.00. The summed E-state index contributed by atoms with van der Waals surface area (Å²) in [6, 6.07) is 6.40. The molecule has 0 bridgehead atoms. The Hall–Kier alpha value is -2.10. The molecule has 6 heteroatoms. The molecule has 0 amide bonds. The molecular weight excluding hydrogens is 250 g/mol. The van der Waals surface area contributed by atoms with Crippen molar-refractivity contribution in [1.82, 2.24) is 0 Å². The van der Waals surface area contributed by atoms with E-state index in [1.807, 2.05) is 6.07 Å². The van der Waals surface area contributed by atoms with Crippen molar-refractivity contribution in [3.63, 3.8) is 0 Å². The summed E-state index contributed by atoms with van der Waals surface area (Å²) in [5.74, 6) is -0.203. The molecule has 0 fully saturated rings. The summed E-state index contributed by atoms with van der Waals surface area (Å²) < 4.78 is 9.40. The largest absolute Gasteiger partial charge is 0.497 e. The molecule has 2 unspecified atom stereocenters. The summed E-state index contributed by atoms with van der Waals surface area (Å²) in [5, 5.41) is 28.7. The second-order valence-electron chi connectivity index (χ2n) is 3.86. The minimum absolute atomic E-state index is 0.206.